The van der Waals surface area contributed by atoms with Crippen LogP contribution in [-0.2, 0) is 14.9 Å². The summed E-state index contributed by atoms with van der Waals surface area (Å²) in [5.74, 6) is 0. The van der Waals surface area contributed by atoms with Crippen LogP contribution in [0.5, 0.6) is 0 Å². The van der Waals surface area contributed by atoms with Crippen molar-refractivity contribution in [3.63, 3.8) is 0 Å². The number of morpholine rings is 1. The minimum absolute atomic E-state index is 0.147. The zero-order valence-corrected chi connectivity index (χ0v) is 9.37. The Balaban J connectivity index is 1.95. The van der Waals surface area contributed by atoms with Crippen molar-refractivity contribution in [2.75, 3.05) is 26.2 Å². The lowest BCUT2D eigenvalue weighted by atomic mass is 10.3. The van der Waals surface area contributed by atoms with Gasteiger partial charge in [-0.25, -0.2) is 0 Å². The molecule has 0 aromatic carbocycles. The first-order valence-electron chi connectivity index (χ1n) is 5.21. The quantitative estimate of drug-likeness (QED) is 0.630. The molecule has 1 saturated heterocycles. The molecule has 2 aliphatic rings. The second-order valence-electron chi connectivity index (χ2n) is 3.98. The van der Waals surface area contributed by atoms with Gasteiger partial charge in [0, 0.05) is 25.7 Å². The summed E-state index contributed by atoms with van der Waals surface area (Å²) in [4.78, 5) is 0. The van der Waals surface area contributed by atoms with E-state index in [0.717, 1.165) is 12.8 Å². The first kappa shape index (κ1) is 11.3. The summed E-state index contributed by atoms with van der Waals surface area (Å²) < 4.78 is 33.0. The average molecular weight is 235 g/mol. The number of rotatable bonds is 4. The fourth-order valence-corrected chi connectivity index (χ4v) is 3.02. The Kier molecular flexibility index (Phi) is 3.27. The number of nitrogens with zero attached hydrogens (tertiary/aromatic N) is 1. The third kappa shape index (κ3) is 2.88. The molecule has 1 aliphatic heterocycles. The monoisotopic (exact) mass is 235 g/mol. The molecule has 1 atom stereocenters. The molecule has 6 nitrogen and oxygen atoms in total. The molecule has 1 saturated carbocycles. The van der Waals surface area contributed by atoms with Crippen molar-refractivity contribution < 1.29 is 13.2 Å². The number of ether oxygens (including phenoxy) is 1. The molecule has 0 aromatic heterocycles. The van der Waals surface area contributed by atoms with E-state index in [1.54, 1.807) is 0 Å². The van der Waals surface area contributed by atoms with Crippen LogP contribution in [-0.4, -0.2) is 51.1 Å². The van der Waals surface area contributed by atoms with Crippen LogP contribution in [0.4, 0.5) is 0 Å². The lowest BCUT2D eigenvalue weighted by Gasteiger charge is -2.31. The van der Waals surface area contributed by atoms with Gasteiger partial charge in [0.1, 0.15) is 0 Å². The predicted octanol–water partition coefficient (Wildman–Crippen LogP) is -1.36. The SMILES string of the molecule is NCC1CN(S(=O)(=O)NC2CC2)CCO1. The minimum atomic E-state index is -3.32. The molecular weight excluding hydrogens is 218 g/mol. The molecule has 0 aromatic rings. The number of hydrogen-bond acceptors (Lipinski definition) is 4. The summed E-state index contributed by atoms with van der Waals surface area (Å²) in [5, 5.41) is 0. The van der Waals surface area contributed by atoms with E-state index < -0.39 is 10.2 Å². The fraction of sp³-hybridized carbons (Fsp3) is 1.00. The van der Waals surface area contributed by atoms with E-state index in [1.165, 1.54) is 4.31 Å². The average Bonchev–Trinajstić information content (AvgIpc) is 3.01. The molecule has 1 unspecified atom stereocenters. The highest BCUT2D eigenvalue weighted by Gasteiger charge is 2.33. The van der Waals surface area contributed by atoms with E-state index in [1.807, 2.05) is 0 Å². The van der Waals surface area contributed by atoms with E-state index >= 15 is 0 Å². The van der Waals surface area contributed by atoms with Crippen LogP contribution in [0.15, 0.2) is 0 Å². The lowest BCUT2D eigenvalue weighted by Crippen LogP contribution is -2.52. The van der Waals surface area contributed by atoms with Crippen molar-refractivity contribution in [2.24, 2.45) is 5.73 Å². The van der Waals surface area contributed by atoms with E-state index in [0.29, 0.717) is 26.2 Å². The molecule has 1 heterocycles. The van der Waals surface area contributed by atoms with Gasteiger partial charge in [0.25, 0.3) is 10.2 Å². The van der Waals surface area contributed by atoms with Gasteiger partial charge in [-0.3, -0.25) is 0 Å². The maximum absolute atomic E-state index is 11.8. The number of nitrogens with one attached hydrogen (secondary N) is 1. The smallest absolute Gasteiger partial charge is 0.279 e. The highest BCUT2D eigenvalue weighted by molar-refractivity contribution is 7.87. The fourth-order valence-electron chi connectivity index (χ4n) is 1.54. The van der Waals surface area contributed by atoms with Gasteiger partial charge in [-0.1, -0.05) is 0 Å². The van der Waals surface area contributed by atoms with Crippen LogP contribution in [0.25, 0.3) is 0 Å². The van der Waals surface area contributed by atoms with E-state index in [4.69, 9.17) is 10.5 Å². The van der Waals surface area contributed by atoms with E-state index in [-0.39, 0.29) is 12.1 Å². The lowest BCUT2D eigenvalue weighted by molar-refractivity contribution is 0.00412. The van der Waals surface area contributed by atoms with E-state index in [2.05, 4.69) is 4.72 Å². The molecule has 0 bridgehead atoms. The molecular formula is C8H17N3O3S. The molecule has 1 aliphatic carbocycles. The van der Waals surface area contributed by atoms with Crippen molar-refractivity contribution >= 4 is 10.2 Å². The Labute approximate surface area is 89.9 Å². The first-order chi connectivity index (χ1) is 7.12. The maximum Gasteiger partial charge on any atom is 0.279 e. The van der Waals surface area contributed by atoms with Crippen molar-refractivity contribution in [1.29, 1.82) is 0 Å². The van der Waals surface area contributed by atoms with Crippen LogP contribution >= 0.6 is 0 Å². The van der Waals surface area contributed by atoms with Gasteiger partial charge < -0.3 is 10.5 Å². The summed E-state index contributed by atoms with van der Waals surface area (Å²) in [6.45, 7) is 1.56. The molecule has 7 heteroatoms. The number of hydrogen-bond donors (Lipinski definition) is 2. The molecule has 15 heavy (non-hydrogen) atoms. The van der Waals surface area contributed by atoms with Crippen molar-refractivity contribution in [3.05, 3.63) is 0 Å². The standard InChI is InChI=1S/C8H17N3O3S/c9-5-8-6-11(3-4-14-8)15(12,13)10-7-1-2-7/h7-8,10H,1-6,9H2. The van der Waals surface area contributed by atoms with Gasteiger partial charge >= 0.3 is 0 Å². The van der Waals surface area contributed by atoms with Crippen molar-refractivity contribution in [1.82, 2.24) is 9.03 Å². The summed E-state index contributed by atoms with van der Waals surface area (Å²) in [6.07, 6.45) is 1.72. The van der Waals surface area contributed by atoms with Crippen LogP contribution in [0.3, 0.4) is 0 Å². The summed E-state index contributed by atoms with van der Waals surface area (Å²) in [6, 6.07) is 0.147. The zero-order chi connectivity index (χ0) is 10.9. The summed E-state index contributed by atoms with van der Waals surface area (Å²) >= 11 is 0. The van der Waals surface area contributed by atoms with Crippen LogP contribution in [0.2, 0.25) is 0 Å². The van der Waals surface area contributed by atoms with Crippen LogP contribution in [0.1, 0.15) is 12.8 Å². The van der Waals surface area contributed by atoms with Crippen molar-refractivity contribution in [3.8, 4) is 0 Å². The Bertz CT molecular complexity index is 315. The highest BCUT2D eigenvalue weighted by Crippen LogP contribution is 2.21. The van der Waals surface area contributed by atoms with Gasteiger partial charge in [0.15, 0.2) is 0 Å². The topological polar surface area (TPSA) is 84.7 Å². The van der Waals surface area contributed by atoms with Crippen molar-refractivity contribution in [2.45, 2.75) is 25.0 Å². The van der Waals surface area contributed by atoms with Gasteiger partial charge in [-0.2, -0.15) is 17.4 Å². The molecule has 2 rings (SSSR count). The second kappa shape index (κ2) is 4.34. The van der Waals surface area contributed by atoms with Gasteiger partial charge in [-0.15, -0.1) is 0 Å². The predicted molar refractivity (Wildman–Crippen MR) is 55.4 cm³/mol. The normalized spacial score (nSPS) is 29.3. The maximum atomic E-state index is 11.8. The molecule has 3 N–H and O–H groups in total. The van der Waals surface area contributed by atoms with Gasteiger partial charge in [0.2, 0.25) is 0 Å². The van der Waals surface area contributed by atoms with Crippen LogP contribution in [0, 0.1) is 0 Å². The highest BCUT2D eigenvalue weighted by atomic mass is 32.2. The van der Waals surface area contributed by atoms with E-state index in [9.17, 15) is 8.42 Å². The Hall–Kier alpha value is -0.210. The second-order valence-corrected chi connectivity index (χ2v) is 5.69. The Morgan fingerprint density at radius 3 is 2.80 bits per heavy atom. The minimum Gasteiger partial charge on any atom is -0.374 e. The summed E-state index contributed by atoms with van der Waals surface area (Å²) in [7, 11) is -3.32. The first-order valence-corrected chi connectivity index (χ1v) is 6.65. The molecule has 88 valence electrons. The van der Waals surface area contributed by atoms with Crippen LogP contribution < -0.4 is 10.5 Å². The third-order valence-corrected chi connectivity index (χ3v) is 4.24. The molecule has 0 amide bonds. The van der Waals surface area contributed by atoms with Gasteiger partial charge in [-0.05, 0) is 12.8 Å². The van der Waals surface area contributed by atoms with Gasteiger partial charge in [0.05, 0.1) is 12.7 Å². The molecule has 0 radical (unpaired) electrons. The summed E-state index contributed by atoms with van der Waals surface area (Å²) in [5.41, 5.74) is 5.46. The zero-order valence-electron chi connectivity index (χ0n) is 8.55. The molecule has 0 spiro atoms. The Morgan fingerprint density at radius 1 is 1.47 bits per heavy atom. The largest absolute Gasteiger partial charge is 0.374 e. The Morgan fingerprint density at radius 2 is 2.20 bits per heavy atom. The number of nitrogens with two attached hydrogens (primary N) is 1. The third-order valence-electron chi connectivity index (χ3n) is 2.60. The molecule has 2 fully saturated rings.